The van der Waals surface area contributed by atoms with Crippen molar-refractivity contribution in [1.82, 2.24) is 15.0 Å². The zero-order valence-corrected chi connectivity index (χ0v) is 25.0. The van der Waals surface area contributed by atoms with Crippen LogP contribution in [0.25, 0.3) is 87.0 Å². The van der Waals surface area contributed by atoms with Gasteiger partial charge in [0.1, 0.15) is 0 Å². The first-order valence-corrected chi connectivity index (χ1v) is 15.8. The largest absolute Gasteiger partial charge is 0.208 e. The third-order valence-electron chi connectivity index (χ3n) is 8.51. The molecular formula is C41H25N3S. The van der Waals surface area contributed by atoms with Crippen molar-refractivity contribution in [3.05, 3.63) is 152 Å². The number of fused-ring (bicyclic) bond motifs is 7. The molecule has 0 amide bonds. The first-order chi connectivity index (χ1) is 22.3. The lowest BCUT2D eigenvalue weighted by molar-refractivity contribution is 1.07. The van der Waals surface area contributed by atoms with Gasteiger partial charge in [0.15, 0.2) is 17.5 Å². The highest BCUT2D eigenvalue weighted by molar-refractivity contribution is 7.26. The van der Waals surface area contributed by atoms with Crippen molar-refractivity contribution in [3.8, 4) is 45.3 Å². The molecule has 0 fully saturated rings. The molecule has 7 aromatic carbocycles. The van der Waals surface area contributed by atoms with Crippen LogP contribution in [0.4, 0.5) is 0 Å². The Hall–Kier alpha value is -5.71. The predicted octanol–water partition coefficient (Wildman–Crippen LogP) is 11.2. The molecule has 0 aliphatic heterocycles. The number of benzene rings is 7. The average molecular weight is 592 g/mol. The van der Waals surface area contributed by atoms with Crippen molar-refractivity contribution in [2.24, 2.45) is 0 Å². The van der Waals surface area contributed by atoms with Crippen molar-refractivity contribution in [2.45, 2.75) is 0 Å². The maximum Gasteiger partial charge on any atom is 0.164 e. The van der Waals surface area contributed by atoms with Gasteiger partial charge >= 0.3 is 0 Å². The summed E-state index contributed by atoms with van der Waals surface area (Å²) in [7, 11) is 0. The standard InChI is InChI=1S/C41H25N3S/c1-3-9-28(10-4-1)39-42-40(29-11-5-2-6-12-29)44-41(43-39)30-18-15-26(16-19-30)31-21-23-33-32(25-31)20-17-27-22-24-36-38(37(27)33)34-13-7-8-14-35(34)45-36/h1-25H. The van der Waals surface area contributed by atoms with Crippen molar-refractivity contribution >= 4 is 53.1 Å². The van der Waals surface area contributed by atoms with Gasteiger partial charge in [-0.2, -0.15) is 0 Å². The van der Waals surface area contributed by atoms with Crippen LogP contribution in [-0.2, 0) is 0 Å². The molecule has 3 nitrogen and oxygen atoms in total. The van der Waals surface area contributed by atoms with Crippen LogP contribution in [0.3, 0.4) is 0 Å². The summed E-state index contributed by atoms with van der Waals surface area (Å²) in [5.41, 5.74) is 5.22. The van der Waals surface area contributed by atoms with E-state index in [2.05, 4.69) is 91.0 Å². The van der Waals surface area contributed by atoms with E-state index in [1.807, 2.05) is 72.0 Å². The van der Waals surface area contributed by atoms with E-state index in [1.165, 1.54) is 47.3 Å². The minimum Gasteiger partial charge on any atom is -0.208 e. The highest BCUT2D eigenvalue weighted by Gasteiger charge is 2.14. The maximum atomic E-state index is 4.89. The lowest BCUT2D eigenvalue weighted by Gasteiger charge is -2.10. The van der Waals surface area contributed by atoms with Crippen molar-refractivity contribution in [1.29, 1.82) is 0 Å². The highest BCUT2D eigenvalue weighted by atomic mass is 32.1. The van der Waals surface area contributed by atoms with Gasteiger partial charge in [0.25, 0.3) is 0 Å². The zero-order valence-electron chi connectivity index (χ0n) is 24.2. The van der Waals surface area contributed by atoms with Gasteiger partial charge in [-0.05, 0) is 50.9 Å². The van der Waals surface area contributed by atoms with Crippen LogP contribution in [0, 0.1) is 0 Å². The summed E-state index contributed by atoms with van der Waals surface area (Å²) < 4.78 is 2.67. The molecule has 9 aromatic rings. The average Bonchev–Trinajstić information content (AvgIpc) is 3.51. The van der Waals surface area contributed by atoms with Crippen LogP contribution in [0.15, 0.2) is 152 Å². The second kappa shape index (κ2) is 10.5. The molecular weight excluding hydrogens is 567 g/mol. The molecule has 45 heavy (non-hydrogen) atoms. The summed E-state index contributed by atoms with van der Waals surface area (Å²) in [4.78, 5) is 14.6. The Balaban J connectivity index is 1.13. The molecule has 2 aromatic heterocycles. The molecule has 210 valence electrons. The molecule has 0 aliphatic rings. The summed E-state index contributed by atoms with van der Waals surface area (Å²) in [6, 6.07) is 53.3. The number of thiophene rings is 1. The molecule has 0 bridgehead atoms. The number of rotatable bonds is 4. The second-order valence-electron chi connectivity index (χ2n) is 11.3. The highest BCUT2D eigenvalue weighted by Crippen LogP contribution is 2.41. The summed E-state index contributed by atoms with van der Waals surface area (Å²) in [5.74, 6) is 1.99. The summed E-state index contributed by atoms with van der Waals surface area (Å²) >= 11 is 1.87. The monoisotopic (exact) mass is 591 g/mol. The Bertz CT molecular complexity index is 2460. The van der Waals surface area contributed by atoms with Gasteiger partial charge in [-0.25, -0.2) is 15.0 Å². The third kappa shape index (κ3) is 4.46. The van der Waals surface area contributed by atoms with Crippen LogP contribution in [0.2, 0.25) is 0 Å². The van der Waals surface area contributed by atoms with E-state index in [4.69, 9.17) is 15.0 Å². The Morgan fingerprint density at radius 2 is 0.867 bits per heavy atom. The van der Waals surface area contributed by atoms with E-state index in [9.17, 15) is 0 Å². The fraction of sp³-hybridized carbons (Fsp3) is 0. The van der Waals surface area contributed by atoms with E-state index in [1.54, 1.807) is 0 Å². The summed E-state index contributed by atoms with van der Waals surface area (Å²) in [6.45, 7) is 0. The molecule has 0 saturated heterocycles. The number of hydrogen-bond donors (Lipinski definition) is 0. The van der Waals surface area contributed by atoms with Crippen LogP contribution in [-0.4, -0.2) is 15.0 Å². The van der Waals surface area contributed by atoms with Crippen molar-refractivity contribution < 1.29 is 0 Å². The Kier molecular flexibility index (Phi) is 6.00. The van der Waals surface area contributed by atoms with Crippen LogP contribution < -0.4 is 0 Å². The Morgan fingerprint density at radius 1 is 0.333 bits per heavy atom. The van der Waals surface area contributed by atoms with Gasteiger partial charge in [-0.3, -0.25) is 0 Å². The first-order valence-electron chi connectivity index (χ1n) is 15.0. The fourth-order valence-electron chi connectivity index (χ4n) is 6.30. The molecule has 0 saturated carbocycles. The van der Waals surface area contributed by atoms with Gasteiger partial charge in [0, 0.05) is 36.9 Å². The minimum absolute atomic E-state index is 0.659. The van der Waals surface area contributed by atoms with Gasteiger partial charge < -0.3 is 0 Å². The normalized spacial score (nSPS) is 11.6. The molecule has 0 radical (unpaired) electrons. The molecule has 4 heteroatoms. The number of aromatic nitrogens is 3. The van der Waals surface area contributed by atoms with Crippen molar-refractivity contribution in [3.63, 3.8) is 0 Å². The van der Waals surface area contributed by atoms with Gasteiger partial charge in [-0.1, -0.05) is 133 Å². The zero-order chi connectivity index (χ0) is 29.7. The third-order valence-corrected chi connectivity index (χ3v) is 9.65. The number of hydrogen-bond acceptors (Lipinski definition) is 4. The van der Waals surface area contributed by atoms with E-state index in [0.717, 1.165) is 22.3 Å². The van der Waals surface area contributed by atoms with E-state index >= 15 is 0 Å². The predicted molar refractivity (Wildman–Crippen MR) is 189 cm³/mol. The molecule has 2 heterocycles. The summed E-state index contributed by atoms with van der Waals surface area (Å²) in [6.07, 6.45) is 0. The lowest BCUT2D eigenvalue weighted by atomic mass is 9.94. The van der Waals surface area contributed by atoms with Gasteiger partial charge in [-0.15, -0.1) is 11.3 Å². The molecule has 0 N–H and O–H groups in total. The Morgan fingerprint density at radius 3 is 1.56 bits per heavy atom. The summed E-state index contributed by atoms with van der Waals surface area (Å²) in [5, 5.41) is 7.83. The maximum absolute atomic E-state index is 4.89. The van der Waals surface area contributed by atoms with Gasteiger partial charge in [0.05, 0.1) is 0 Å². The lowest BCUT2D eigenvalue weighted by Crippen LogP contribution is -2.00. The molecule has 9 rings (SSSR count). The fourth-order valence-corrected chi connectivity index (χ4v) is 7.41. The van der Waals surface area contributed by atoms with E-state index in [-0.39, 0.29) is 0 Å². The number of nitrogens with zero attached hydrogens (tertiary/aromatic N) is 3. The smallest absolute Gasteiger partial charge is 0.164 e. The first kappa shape index (κ1) is 25.8. The van der Waals surface area contributed by atoms with Crippen LogP contribution in [0.5, 0.6) is 0 Å². The van der Waals surface area contributed by atoms with E-state index < -0.39 is 0 Å². The minimum atomic E-state index is 0.659. The quantitative estimate of drug-likeness (QED) is 0.191. The van der Waals surface area contributed by atoms with Crippen LogP contribution >= 0.6 is 11.3 Å². The molecule has 0 spiro atoms. The second-order valence-corrected chi connectivity index (χ2v) is 12.3. The topological polar surface area (TPSA) is 38.7 Å². The Labute approximate surface area is 264 Å². The van der Waals surface area contributed by atoms with Crippen LogP contribution in [0.1, 0.15) is 0 Å². The molecule has 0 atom stereocenters. The SMILES string of the molecule is c1ccc(-c2nc(-c3ccccc3)nc(-c3ccc(-c4ccc5c(ccc6ccc7sc8ccccc8c7c65)c4)cc3)n2)cc1. The van der Waals surface area contributed by atoms with E-state index in [0.29, 0.717) is 17.5 Å². The molecule has 0 unspecified atom stereocenters. The molecule has 0 aliphatic carbocycles. The van der Waals surface area contributed by atoms with Gasteiger partial charge in [0.2, 0.25) is 0 Å². The van der Waals surface area contributed by atoms with Crippen molar-refractivity contribution in [2.75, 3.05) is 0 Å².